The van der Waals surface area contributed by atoms with Crippen molar-refractivity contribution < 1.29 is 9.53 Å². The zero-order valence-corrected chi connectivity index (χ0v) is 12.8. The minimum atomic E-state index is -0.0224. The van der Waals surface area contributed by atoms with Crippen LogP contribution in [0, 0.1) is 0 Å². The number of halogens is 2. The number of rotatable bonds is 8. The molecule has 0 fully saturated rings. The molecule has 0 radical (unpaired) electrons. The Morgan fingerprint density at radius 3 is 2.68 bits per heavy atom. The van der Waals surface area contributed by atoms with Gasteiger partial charge in [0.2, 0.25) is 0 Å². The fourth-order valence-electron chi connectivity index (χ4n) is 1.69. The fourth-order valence-corrected chi connectivity index (χ4v) is 2.08. The van der Waals surface area contributed by atoms with E-state index in [1.54, 1.807) is 18.2 Å². The number of Topliss-reactive ketones (excluding diaryl/α,β-unsaturated/α-hetero) is 1. The molecule has 0 atom stereocenters. The molecule has 0 saturated heterocycles. The summed E-state index contributed by atoms with van der Waals surface area (Å²) >= 11 is 11.9. The van der Waals surface area contributed by atoms with Gasteiger partial charge in [0, 0.05) is 23.7 Å². The van der Waals surface area contributed by atoms with Gasteiger partial charge < -0.3 is 4.74 Å². The maximum Gasteiger partial charge on any atom is 0.178 e. The van der Waals surface area contributed by atoms with E-state index in [-0.39, 0.29) is 5.78 Å². The molecule has 0 bridgehead atoms. The summed E-state index contributed by atoms with van der Waals surface area (Å²) < 4.78 is 5.30. The Labute approximate surface area is 124 Å². The molecular weight excluding hydrogens is 285 g/mol. The number of likely N-dealkylation sites (N-methyl/N-ethyl adjacent to an activating group) is 1. The van der Waals surface area contributed by atoms with Crippen LogP contribution in [0.2, 0.25) is 10.0 Å². The molecule has 0 saturated carbocycles. The lowest BCUT2D eigenvalue weighted by atomic mass is 10.1. The Morgan fingerprint density at radius 2 is 2.05 bits per heavy atom. The van der Waals surface area contributed by atoms with Crippen molar-refractivity contribution in [2.75, 3.05) is 32.8 Å². The molecule has 1 aromatic carbocycles. The molecule has 0 spiro atoms. The van der Waals surface area contributed by atoms with E-state index >= 15 is 0 Å². The maximum absolute atomic E-state index is 12.2. The number of ketones is 1. The first kappa shape index (κ1) is 16.4. The maximum atomic E-state index is 12.2. The van der Waals surface area contributed by atoms with E-state index in [9.17, 15) is 4.79 Å². The molecule has 0 amide bonds. The Hall–Kier alpha value is -0.610. The van der Waals surface area contributed by atoms with Gasteiger partial charge >= 0.3 is 0 Å². The zero-order chi connectivity index (χ0) is 14.3. The van der Waals surface area contributed by atoms with Crippen LogP contribution < -0.4 is 0 Å². The number of benzene rings is 1. The summed E-state index contributed by atoms with van der Waals surface area (Å²) in [4.78, 5) is 14.2. The molecule has 3 nitrogen and oxygen atoms in total. The third-order valence-corrected chi connectivity index (χ3v) is 3.36. The molecule has 0 aliphatic rings. The van der Waals surface area contributed by atoms with E-state index < -0.39 is 0 Å². The molecule has 0 aromatic heterocycles. The van der Waals surface area contributed by atoms with Crippen molar-refractivity contribution in [1.29, 1.82) is 0 Å². The number of ether oxygens (including phenoxy) is 1. The first-order valence-corrected chi connectivity index (χ1v) is 7.12. The second kappa shape index (κ2) is 8.54. The van der Waals surface area contributed by atoms with Crippen LogP contribution in [0.3, 0.4) is 0 Å². The first-order valence-electron chi connectivity index (χ1n) is 6.36. The third kappa shape index (κ3) is 5.49. The van der Waals surface area contributed by atoms with Crippen molar-refractivity contribution in [2.45, 2.75) is 13.8 Å². The van der Waals surface area contributed by atoms with E-state index in [1.807, 2.05) is 18.7 Å². The third-order valence-electron chi connectivity index (χ3n) is 2.80. The van der Waals surface area contributed by atoms with Gasteiger partial charge in [-0.1, -0.05) is 30.1 Å². The fraction of sp³-hybridized carbons (Fsp3) is 0.500. The highest BCUT2D eigenvalue weighted by Gasteiger charge is 2.14. The predicted molar refractivity (Wildman–Crippen MR) is 79.4 cm³/mol. The van der Waals surface area contributed by atoms with Crippen molar-refractivity contribution in [1.82, 2.24) is 4.90 Å². The highest BCUT2D eigenvalue weighted by atomic mass is 35.5. The minimum absolute atomic E-state index is 0.0224. The van der Waals surface area contributed by atoms with Gasteiger partial charge in [0.25, 0.3) is 0 Å². The normalized spacial score (nSPS) is 11.0. The second-order valence-corrected chi connectivity index (χ2v) is 4.96. The van der Waals surface area contributed by atoms with Gasteiger partial charge in [-0.25, -0.2) is 0 Å². The standard InChI is InChI=1S/C14H19Cl2NO2/c1-3-17(7-8-19-4-2)10-14(18)12-9-11(15)5-6-13(12)16/h5-6,9H,3-4,7-8,10H2,1-2H3. The molecular formula is C14H19Cl2NO2. The van der Waals surface area contributed by atoms with Gasteiger partial charge in [0.15, 0.2) is 5.78 Å². The van der Waals surface area contributed by atoms with Crippen molar-refractivity contribution in [3.63, 3.8) is 0 Å². The molecule has 0 aliphatic carbocycles. The number of hydrogen-bond acceptors (Lipinski definition) is 3. The summed E-state index contributed by atoms with van der Waals surface area (Å²) in [6.45, 7) is 7.12. The lowest BCUT2D eigenvalue weighted by Crippen LogP contribution is -2.33. The summed E-state index contributed by atoms with van der Waals surface area (Å²) in [6, 6.07) is 4.93. The van der Waals surface area contributed by atoms with Crippen LogP contribution in [-0.4, -0.2) is 43.5 Å². The molecule has 106 valence electrons. The van der Waals surface area contributed by atoms with Crippen LogP contribution in [0.4, 0.5) is 0 Å². The zero-order valence-electron chi connectivity index (χ0n) is 11.3. The number of carbonyl (C=O) groups excluding carboxylic acids is 1. The smallest absolute Gasteiger partial charge is 0.178 e. The summed E-state index contributed by atoms with van der Waals surface area (Å²) in [5.41, 5.74) is 0.476. The predicted octanol–water partition coefficient (Wildman–Crippen LogP) is 3.53. The summed E-state index contributed by atoms with van der Waals surface area (Å²) in [5.74, 6) is -0.0224. The molecule has 1 rings (SSSR count). The molecule has 0 heterocycles. The van der Waals surface area contributed by atoms with Gasteiger partial charge in [-0.3, -0.25) is 9.69 Å². The number of carbonyl (C=O) groups is 1. The van der Waals surface area contributed by atoms with Crippen LogP contribution in [0.25, 0.3) is 0 Å². The van der Waals surface area contributed by atoms with E-state index in [0.29, 0.717) is 35.4 Å². The van der Waals surface area contributed by atoms with E-state index in [1.165, 1.54) is 0 Å². The Bertz CT molecular complexity index is 424. The van der Waals surface area contributed by atoms with Crippen LogP contribution >= 0.6 is 23.2 Å². The van der Waals surface area contributed by atoms with Crippen molar-refractivity contribution in [3.05, 3.63) is 33.8 Å². The van der Waals surface area contributed by atoms with E-state index in [4.69, 9.17) is 27.9 Å². The highest BCUT2D eigenvalue weighted by Crippen LogP contribution is 2.21. The molecule has 0 aliphatic heterocycles. The number of hydrogen-bond donors (Lipinski definition) is 0. The average Bonchev–Trinajstić information content (AvgIpc) is 2.40. The van der Waals surface area contributed by atoms with Crippen molar-refractivity contribution in [2.24, 2.45) is 0 Å². The topological polar surface area (TPSA) is 29.5 Å². The summed E-state index contributed by atoms with van der Waals surface area (Å²) in [7, 11) is 0. The number of nitrogens with zero attached hydrogens (tertiary/aromatic N) is 1. The largest absolute Gasteiger partial charge is 0.380 e. The molecule has 19 heavy (non-hydrogen) atoms. The summed E-state index contributed by atoms with van der Waals surface area (Å²) in [6.07, 6.45) is 0. The Morgan fingerprint density at radius 1 is 1.32 bits per heavy atom. The Kier molecular flexibility index (Phi) is 7.39. The lowest BCUT2D eigenvalue weighted by Gasteiger charge is -2.19. The van der Waals surface area contributed by atoms with Gasteiger partial charge in [-0.15, -0.1) is 0 Å². The van der Waals surface area contributed by atoms with Crippen molar-refractivity contribution in [3.8, 4) is 0 Å². The van der Waals surface area contributed by atoms with Crippen LogP contribution in [0.15, 0.2) is 18.2 Å². The van der Waals surface area contributed by atoms with E-state index in [2.05, 4.69) is 0 Å². The van der Waals surface area contributed by atoms with Gasteiger partial charge in [-0.2, -0.15) is 0 Å². The van der Waals surface area contributed by atoms with Crippen LogP contribution in [0.5, 0.6) is 0 Å². The Balaban J connectivity index is 2.63. The summed E-state index contributed by atoms with van der Waals surface area (Å²) in [5, 5.41) is 0.959. The molecule has 0 N–H and O–H groups in total. The molecule has 1 aromatic rings. The minimum Gasteiger partial charge on any atom is -0.380 e. The quantitative estimate of drug-likeness (QED) is 0.543. The van der Waals surface area contributed by atoms with Gasteiger partial charge in [0.05, 0.1) is 18.2 Å². The van der Waals surface area contributed by atoms with Gasteiger partial charge in [-0.05, 0) is 31.7 Å². The van der Waals surface area contributed by atoms with Crippen LogP contribution in [-0.2, 0) is 4.74 Å². The van der Waals surface area contributed by atoms with Crippen molar-refractivity contribution >= 4 is 29.0 Å². The lowest BCUT2D eigenvalue weighted by molar-refractivity contribution is 0.0867. The van der Waals surface area contributed by atoms with E-state index in [0.717, 1.165) is 13.1 Å². The van der Waals surface area contributed by atoms with Crippen LogP contribution in [0.1, 0.15) is 24.2 Å². The SMILES string of the molecule is CCOCCN(CC)CC(=O)c1cc(Cl)ccc1Cl. The average molecular weight is 304 g/mol. The first-order chi connectivity index (χ1) is 9.08. The van der Waals surface area contributed by atoms with Gasteiger partial charge in [0.1, 0.15) is 0 Å². The monoisotopic (exact) mass is 303 g/mol. The highest BCUT2D eigenvalue weighted by molar-refractivity contribution is 6.36. The second-order valence-electron chi connectivity index (χ2n) is 4.11. The molecule has 0 unspecified atom stereocenters. The molecule has 5 heteroatoms.